The Morgan fingerprint density at radius 3 is 2.55 bits per heavy atom. The van der Waals surface area contributed by atoms with E-state index in [1.165, 1.54) is 19.2 Å². The summed E-state index contributed by atoms with van der Waals surface area (Å²) >= 11 is 6.00. The summed E-state index contributed by atoms with van der Waals surface area (Å²) in [6.45, 7) is 3.79. The summed E-state index contributed by atoms with van der Waals surface area (Å²) in [5.41, 5.74) is 1.96. The first kappa shape index (κ1) is 20.8. The molecule has 4 aromatic rings. The molecular formula is C23H19ClFN3O3. The minimum Gasteiger partial charge on any atom is -0.492 e. The van der Waals surface area contributed by atoms with Crippen molar-refractivity contribution < 1.29 is 19.0 Å². The van der Waals surface area contributed by atoms with Gasteiger partial charge in [0, 0.05) is 6.20 Å². The van der Waals surface area contributed by atoms with Crippen LogP contribution in [0.1, 0.15) is 34.6 Å². The third-order valence-electron chi connectivity index (χ3n) is 5.26. The Kier molecular flexibility index (Phi) is 5.37. The van der Waals surface area contributed by atoms with Crippen molar-refractivity contribution in [2.45, 2.75) is 19.9 Å². The van der Waals surface area contributed by atoms with Gasteiger partial charge in [-0.1, -0.05) is 41.9 Å². The molecule has 8 heteroatoms. The monoisotopic (exact) mass is 439 g/mol. The zero-order valence-electron chi connectivity index (χ0n) is 17.1. The molecule has 0 saturated heterocycles. The van der Waals surface area contributed by atoms with Gasteiger partial charge in [0.25, 0.3) is 0 Å². The molecule has 4 rings (SSSR count). The second-order valence-corrected chi connectivity index (χ2v) is 7.55. The van der Waals surface area contributed by atoms with Crippen molar-refractivity contribution in [1.29, 1.82) is 0 Å². The summed E-state index contributed by atoms with van der Waals surface area (Å²) in [6.07, 6.45) is 1.84. The lowest BCUT2D eigenvalue weighted by Crippen LogP contribution is -2.10. The molecule has 158 valence electrons. The third kappa shape index (κ3) is 3.51. The predicted molar refractivity (Wildman–Crippen MR) is 116 cm³/mol. The number of carboxylic acid groups (broad SMARTS) is 1. The highest BCUT2D eigenvalue weighted by molar-refractivity contribution is 6.32. The summed E-state index contributed by atoms with van der Waals surface area (Å²) in [6, 6.07) is 12.5. The summed E-state index contributed by atoms with van der Waals surface area (Å²) < 4.78 is 22.0. The molecule has 0 amide bonds. The van der Waals surface area contributed by atoms with Crippen molar-refractivity contribution in [2.24, 2.45) is 0 Å². The van der Waals surface area contributed by atoms with Crippen LogP contribution in [0.3, 0.4) is 0 Å². The van der Waals surface area contributed by atoms with Crippen LogP contribution < -0.4 is 4.74 Å². The van der Waals surface area contributed by atoms with Gasteiger partial charge in [-0.05, 0) is 37.1 Å². The highest BCUT2D eigenvalue weighted by Gasteiger charge is 2.24. The minimum atomic E-state index is -1.22. The molecule has 0 saturated carbocycles. The topological polar surface area (TPSA) is 77.2 Å². The Bertz CT molecular complexity index is 1300. The van der Waals surface area contributed by atoms with Gasteiger partial charge in [0.1, 0.15) is 5.65 Å². The maximum absolute atomic E-state index is 15.0. The quantitative estimate of drug-likeness (QED) is 0.443. The summed E-state index contributed by atoms with van der Waals surface area (Å²) in [5, 5.41) is 10.3. The number of aromatic nitrogens is 3. The lowest BCUT2D eigenvalue weighted by atomic mass is 10.1. The maximum Gasteiger partial charge on any atom is 0.355 e. The highest BCUT2D eigenvalue weighted by Crippen LogP contribution is 2.35. The van der Waals surface area contributed by atoms with Crippen molar-refractivity contribution in [3.05, 3.63) is 76.3 Å². The SMILES string of the molecule is COc1c(Cl)ccc(-c2nc(C(=O)O)c3c(C)cn(C(C)c4ccccc4)c3n2)c1F. The Hall–Kier alpha value is -3.45. The molecule has 0 aliphatic heterocycles. The van der Waals surface area contributed by atoms with E-state index in [0.29, 0.717) is 11.0 Å². The van der Waals surface area contributed by atoms with Crippen LogP contribution in [0.4, 0.5) is 4.39 Å². The highest BCUT2D eigenvalue weighted by atomic mass is 35.5. The minimum absolute atomic E-state index is 0.00316. The predicted octanol–water partition coefficient (Wildman–Crippen LogP) is 5.52. The van der Waals surface area contributed by atoms with Crippen LogP contribution in [0.25, 0.3) is 22.4 Å². The lowest BCUT2D eigenvalue weighted by Gasteiger charge is -2.16. The number of hydrogen-bond donors (Lipinski definition) is 1. The van der Waals surface area contributed by atoms with E-state index in [0.717, 1.165) is 11.1 Å². The number of benzene rings is 2. The van der Waals surface area contributed by atoms with Crippen LogP contribution in [0, 0.1) is 12.7 Å². The Morgan fingerprint density at radius 2 is 1.90 bits per heavy atom. The number of fused-ring (bicyclic) bond motifs is 1. The fourth-order valence-corrected chi connectivity index (χ4v) is 3.91. The van der Waals surface area contributed by atoms with Crippen LogP contribution in [0.15, 0.2) is 48.7 Å². The van der Waals surface area contributed by atoms with Crippen molar-refractivity contribution in [1.82, 2.24) is 14.5 Å². The number of rotatable bonds is 5. The van der Waals surface area contributed by atoms with E-state index in [9.17, 15) is 9.90 Å². The van der Waals surface area contributed by atoms with Gasteiger partial charge in [0.05, 0.1) is 29.1 Å². The van der Waals surface area contributed by atoms with Crippen LogP contribution in [-0.2, 0) is 0 Å². The molecule has 1 N–H and O–H groups in total. The number of ether oxygens (including phenoxy) is 1. The van der Waals surface area contributed by atoms with E-state index < -0.39 is 11.8 Å². The van der Waals surface area contributed by atoms with Gasteiger partial charge in [0.15, 0.2) is 23.1 Å². The number of nitrogens with zero attached hydrogens (tertiary/aromatic N) is 3. The molecule has 31 heavy (non-hydrogen) atoms. The van der Waals surface area contributed by atoms with E-state index in [4.69, 9.17) is 16.3 Å². The molecule has 0 fully saturated rings. The summed E-state index contributed by atoms with van der Waals surface area (Å²) in [4.78, 5) is 20.8. The van der Waals surface area contributed by atoms with Crippen LogP contribution in [0.2, 0.25) is 5.02 Å². The van der Waals surface area contributed by atoms with Crippen LogP contribution >= 0.6 is 11.6 Å². The summed E-state index contributed by atoms with van der Waals surface area (Å²) in [7, 11) is 1.30. The zero-order chi connectivity index (χ0) is 22.3. The standard InChI is InChI=1S/C23H19ClFN3O3/c1-12-11-28(13(2)14-7-5-4-6-8-14)22-17(12)19(23(29)30)26-21(27-22)15-9-10-16(24)20(31-3)18(15)25/h4-11,13H,1-3H3,(H,29,30). The van der Waals surface area contributed by atoms with Gasteiger partial charge in [-0.25, -0.2) is 19.2 Å². The molecule has 2 aromatic heterocycles. The lowest BCUT2D eigenvalue weighted by molar-refractivity contribution is 0.0692. The van der Waals surface area contributed by atoms with Gasteiger partial charge in [-0.2, -0.15) is 0 Å². The normalized spacial score (nSPS) is 12.2. The number of methoxy groups -OCH3 is 1. The molecule has 0 aliphatic rings. The molecule has 0 bridgehead atoms. The molecule has 0 aliphatic carbocycles. The van der Waals surface area contributed by atoms with Crippen LogP contribution in [0.5, 0.6) is 5.75 Å². The number of carbonyl (C=O) groups is 1. The van der Waals surface area contributed by atoms with Gasteiger partial charge < -0.3 is 14.4 Å². The number of aryl methyl sites for hydroxylation is 1. The smallest absolute Gasteiger partial charge is 0.355 e. The molecule has 2 heterocycles. The molecule has 2 aromatic carbocycles. The Morgan fingerprint density at radius 1 is 1.19 bits per heavy atom. The van der Waals surface area contributed by atoms with Gasteiger partial charge in [0.2, 0.25) is 0 Å². The van der Waals surface area contributed by atoms with E-state index >= 15 is 4.39 Å². The average Bonchev–Trinajstić information content (AvgIpc) is 3.10. The number of halogens is 2. The number of aromatic carboxylic acids is 1. The Balaban J connectivity index is 2.01. The van der Waals surface area contributed by atoms with Gasteiger partial charge >= 0.3 is 5.97 Å². The fourth-order valence-electron chi connectivity index (χ4n) is 3.69. The second kappa shape index (κ2) is 8.00. The van der Waals surface area contributed by atoms with Crippen molar-refractivity contribution in [3.8, 4) is 17.1 Å². The first-order valence-electron chi connectivity index (χ1n) is 9.53. The third-order valence-corrected chi connectivity index (χ3v) is 5.56. The number of hydrogen-bond acceptors (Lipinski definition) is 4. The maximum atomic E-state index is 15.0. The van der Waals surface area contributed by atoms with E-state index in [1.54, 1.807) is 6.92 Å². The van der Waals surface area contributed by atoms with E-state index in [2.05, 4.69) is 9.97 Å². The largest absolute Gasteiger partial charge is 0.492 e. The second-order valence-electron chi connectivity index (χ2n) is 7.15. The average molecular weight is 440 g/mol. The number of carboxylic acids is 1. The van der Waals surface area contributed by atoms with Gasteiger partial charge in [-0.3, -0.25) is 0 Å². The molecule has 0 radical (unpaired) electrons. The van der Waals surface area contributed by atoms with E-state index in [1.807, 2.05) is 48.0 Å². The first-order valence-corrected chi connectivity index (χ1v) is 9.91. The molecule has 1 unspecified atom stereocenters. The van der Waals surface area contributed by atoms with Crippen LogP contribution in [-0.4, -0.2) is 32.7 Å². The Labute approximate surface area is 182 Å². The van der Waals surface area contributed by atoms with Crippen molar-refractivity contribution in [2.75, 3.05) is 7.11 Å². The van der Waals surface area contributed by atoms with Crippen molar-refractivity contribution in [3.63, 3.8) is 0 Å². The van der Waals surface area contributed by atoms with E-state index in [-0.39, 0.29) is 33.9 Å². The van der Waals surface area contributed by atoms with Gasteiger partial charge in [-0.15, -0.1) is 0 Å². The molecular weight excluding hydrogens is 421 g/mol. The fraction of sp³-hybridized carbons (Fsp3) is 0.174. The first-order chi connectivity index (χ1) is 14.8. The zero-order valence-corrected chi connectivity index (χ0v) is 17.8. The van der Waals surface area contributed by atoms with Crippen molar-refractivity contribution >= 4 is 28.6 Å². The molecule has 1 atom stereocenters. The molecule has 6 nitrogen and oxygen atoms in total. The molecule has 0 spiro atoms. The summed E-state index contributed by atoms with van der Waals surface area (Å²) in [5.74, 6) is -2.18.